The van der Waals surface area contributed by atoms with Crippen LogP contribution in [0.3, 0.4) is 0 Å². The predicted molar refractivity (Wildman–Crippen MR) is 211 cm³/mol. The second-order valence-corrected chi connectivity index (χ2v) is 13.5. The lowest BCUT2D eigenvalue weighted by atomic mass is 9.88. The molecule has 0 spiro atoms. The Morgan fingerprint density at radius 3 is 1.76 bits per heavy atom. The van der Waals surface area contributed by atoms with Gasteiger partial charge in [0.25, 0.3) is 0 Å². The number of carbonyl (C=O) groups is 4. The van der Waals surface area contributed by atoms with Crippen molar-refractivity contribution in [2.45, 2.75) is 50.1 Å². The molecule has 0 heterocycles. The van der Waals surface area contributed by atoms with Gasteiger partial charge in [0.15, 0.2) is 0 Å². The van der Waals surface area contributed by atoms with E-state index >= 15 is 0 Å². The third-order valence-corrected chi connectivity index (χ3v) is 9.70. The van der Waals surface area contributed by atoms with Gasteiger partial charge in [-0.25, -0.2) is 19.2 Å². The number of anilines is 2. The number of amides is 4. The minimum Gasteiger partial charge on any atom is -0.465 e. The Morgan fingerprint density at radius 2 is 1.24 bits per heavy atom. The topological polar surface area (TPSA) is 143 Å². The minimum atomic E-state index is -0.513. The Hall–Kier alpha value is -5.94. The summed E-state index contributed by atoms with van der Waals surface area (Å²) in [5, 5.41) is 5.90. The summed E-state index contributed by atoms with van der Waals surface area (Å²) in [6, 6.07) is 32.2. The third kappa shape index (κ3) is 10.6. The molecular formula is C43H49N5O6. The summed E-state index contributed by atoms with van der Waals surface area (Å²) in [5.74, 6) is -1.02. The van der Waals surface area contributed by atoms with Crippen LogP contribution >= 0.6 is 0 Å². The summed E-state index contributed by atoms with van der Waals surface area (Å²) in [4.78, 5) is 55.9. The van der Waals surface area contributed by atoms with Crippen LogP contribution in [0, 0.1) is 0 Å². The maximum Gasteiger partial charge on any atom is 0.337 e. The molecule has 1 saturated carbocycles. The monoisotopic (exact) mass is 731 g/mol. The molecule has 4 amide bonds. The van der Waals surface area contributed by atoms with Gasteiger partial charge in [0.1, 0.15) is 0 Å². The fourth-order valence-corrected chi connectivity index (χ4v) is 6.94. The Kier molecular flexibility index (Phi) is 14.0. The van der Waals surface area contributed by atoms with Gasteiger partial charge in [0, 0.05) is 49.0 Å². The van der Waals surface area contributed by atoms with Gasteiger partial charge in [-0.3, -0.25) is 0 Å². The lowest BCUT2D eigenvalue weighted by molar-refractivity contribution is 0.0592. The van der Waals surface area contributed by atoms with Crippen molar-refractivity contribution in [1.82, 2.24) is 9.80 Å². The molecule has 4 N–H and O–H groups in total. The van der Waals surface area contributed by atoms with Crippen LogP contribution in [0.15, 0.2) is 121 Å². The first-order valence-corrected chi connectivity index (χ1v) is 18.2. The highest BCUT2D eigenvalue weighted by molar-refractivity contribution is 5.95. The number of ether oxygens (including phenoxy) is 2. The molecule has 2 unspecified atom stereocenters. The number of carbonyl (C=O) groups excluding carboxylic acids is 4. The number of methoxy groups -OCH3 is 2. The highest BCUT2D eigenvalue weighted by atomic mass is 16.5. The molecule has 11 heteroatoms. The Labute approximate surface area is 317 Å². The third-order valence-electron chi connectivity index (χ3n) is 9.70. The number of nitrogens with two attached hydrogens (primary N) is 1. The van der Waals surface area contributed by atoms with Crippen molar-refractivity contribution < 1.29 is 28.7 Å². The van der Waals surface area contributed by atoms with E-state index in [2.05, 4.69) is 41.5 Å². The van der Waals surface area contributed by atoms with Gasteiger partial charge in [-0.15, -0.1) is 0 Å². The molecule has 2 atom stereocenters. The van der Waals surface area contributed by atoms with Crippen molar-refractivity contribution in [2.75, 3.05) is 44.5 Å². The molecule has 1 aliphatic rings. The number of esters is 2. The maximum absolute atomic E-state index is 14.1. The molecule has 4 aromatic rings. The normalized spacial score (nSPS) is 15.1. The van der Waals surface area contributed by atoms with Gasteiger partial charge in [-0.1, -0.05) is 92.2 Å². The molecule has 0 bridgehead atoms. The van der Waals surface area contributed by atoms with Crippen molar-refractivity contribution in [1.29, 1.82) is 0 Å². The molecule has 1 fully saturated rings. The number of rotatable bonds is 14. The van der Waals surface area contributed by atoms with E-state index in [4.69, 9.17) is 15.2 Å². The highest BCUT2D eigenvalue weighted by Crippen LogP contribution is 2.29. The summed E-state index contributed by atoms with van der Waals surface area (Å²) in [6.45, 7) is 5.00. The lowest BCUT2D eigenvalue weighted by Gasteiger charge is -2.39. The zero-order valence-corrected chi connectivity index (χ0v) is 30.9. The van der Waals surface area contributed by atoms with Crippen molar-refractivity contribution in [3.05, 3.63) is 144 Å². The molecule has 11 nitrogen and oxygen atoms in total. The standard InChI is InChI=1S/C43H49N5O6/c1-30(29-48(39-23-11-10-22-38(39)44)43(52)46-36-21-13-19-34(27-36)41(50)54-3)28-47(42(51)45-35-20-12-18-33(26-35)40(49)53-2)25-24-37(31-14-6-4-7-15-31)32-16-8-5-9-17-32/h4-9,12-21,26-27,37-39H,1,10-11,22-25,28-29,44H2,2-3H3,(H,45,51)(H,46,52). The summed E-state index contributed by atoms with van der Waals surface area (Å²) >= 11 is 0. The van der Waals surface area contributed by atoms with E-state index in [1.807, 2.05) is 36.4 Å². The predicted octanol–water partition coefficient (Wildman–Crippen LogP) is 7.68. The van der Waals surface area contributed by atoms with Crippen LogP contribution in [0.1, 0.15) is 69.9 Å². The first kappa shape index (κ1) is 39.3. The smallest absolute Gasteiger partial charge is 0.337 e. The fourth-order valence-electron chi connectivity index (χ4n) is 6.94. The van der Waals surface area contributed by atoms with E-state index < -0.39 is 11.9 Å². The molecule has 282 valence electrons. The lowest BCUT2D eigenvalue weighted by Crippen LogP contribution is -2.54. The van der Waals surface area contributed by atoms with E-state index in [1.165, 1.54) is 14.2 Å². The molecule has 0 aliphatic heterocycles. The Balaban J connectivity index is 1.40. The molecular weight excluding hydrogens is 683 g/mol. The molecule has 0 aromatic heterocycles. The average Bonchev–Trinajstić information content (AvgIpc) is 3.20. The van der Waals surface area contributed by atoms with Crippen LogP contribution in [0.25, 0.3) is 0 Å². The first-order valence-electron chi connectivity index (χ1n) is 18.2. The molecule has 54 heavy (non-hydrogen) atoms. The van der Waals surface area contributed by atoms with Crippen molar-refractivity contribution in [2.24, 2.45) is 5.73 Å². The van der Waals surface area contributed by atoms with E-state index in [1.54, 1.807) is 58.3 Å². The van der Waals surface area contributed by atoms with Gasteiger partial charge in [0.2, 0.25) is 0 Å². The van der Waals surface area contributed by atoms with Gasteiger partial charge >= 0.3 is 24.0 Å². The average molecular weight is 732 g/mol. The second kappa shape index (κ2) is 19.2. The second-order valence-electron chi connectivity index (χ2n) is 13.5. The van der Waals surface area contributed by atoms with Crippen LogP contribution in [0.5, 0.6) is 0 Å². The van der Waals surface area contributed by atoms with E-state index in [9.17, 15) is 19.2 Å². The first-order chi connectivity index (χ1) is 26.2. The minimum absolute atomic E-state index is 0.00174. The molecule has 0 radical (unpaired) electrons. The maximum atomic E-state index is 14.1. The van der Waals surface area contributed by atoms with Crippen LogP contribution < -0.4 is 16.4 Å². The number of hydrogen-bond donors (Lipinski definition) is 3. The van der Waals surface area contributed by atoms with Gasteiger partial charge in [0.05, 0.1) is 25.3 Å². The largest absolute Gasteiger partial charge is 0.465 e. The van der Waals surface area contributed by atoms with Crippen LogP contribution in [0.4, 0.5) is 21.0 Å². The molecule has 5 rings (SSSR count). The highest BCUT2D eigenvalue weighted by Gasteiger charge is 2.32. The molecule has 4 aromatic carbocycles. The van der Waals surface area contributed by atoms with Gasteiger partial charge < -0.3 is 35.6 Å². The Morgan fingerprint density at radius 1 is 0.722 bits per heavy atom. The van der Waals surface area contributed by atoms with Crippen LogP contribution in [0.2, 0.25) is 0 Å². The van der Waals surface area contributed by atoms with E-state index in [-0.39, 0.29) is 43.2 Å². The summed E-state index contributed by atoms with van der Waals surface area (Å²) in [5.41, 5.74) is 11.0. The number of nitrogens with zero attached hydrogens (tertiary/aromatic N) is 2. The Bertz CT molecular complexity index is 1860. The molecule has 1 aliphatic carbocycles. The molecule has 0 saturated heterocycles. The number of benzene rings is 4. The zero-order valence-electron chi connectivity index (χ0n) is 30.9. The number of hydrogen-bond acceptors (Lipinski definition) is 7. The SMILES string of the molecule is C=C(CN(CCC(c1ccccc1)c1ccccc1)C(=O)Nc1cccc(C(=O)OC)c1)CN(C(=O)Nc1cccc(C(=O)OC)c1)C1CCCCC1N. The van der Waals surface area contributed by atoms with Gasteiger partial charge in [-0.2, -0.15) is 0 Å². The summed E-state index contributed by atoms with van der Waals surface area (Å²) in [6.07, 6.45) is 4.00. The fraction of sp³-hybridized carbons (Fsp3) is 0.302. The van der Waals surface area contributed by atoms with E-state index in [0.717, 1.165) is 36.8 Å². The van der Waals surface area contributed by atoms with E-state index in [0.29, 0.717) is 41.0 Å². The van der Waals surface area contributed by atoms with Gasteiger partial charge in [-0.05, 0) is 72.4 Å². The van der Waals surface area contributed by atoms with Crippen LogP contribution in [-0.2, 0) is 9.47 Å². The quantitative estimate of drug-likeness (QED) is 0.0892. The summed E-state index contributed by atoms with van der Waals surface area (Å²) < 4.78 is 9.73. The van der Waals surface area contributed by atoms with Crippen molar-refractivity contribution in [3.63, 3.8) is 0 Å². The van der Waals surface area contributed by atoms with Crippen LogP contribution in [-0.4, -0.2) is 79.7 Å². The zero-order chi connectivity index (χ0) is 38.5. The van der Waals surface area contributed by atoms with Crippen molar-refractivity contribution in [3.8, 4) is 0 Å². The van der Waals surface area contributed by atoms with Crippen molar-refractivity contribution >= 4 is 35.4 Å². The number of urea groups is 2. The number of nitrogens with one attached hydrogen (secondary N) is 2. The summed E-state index contributed by atoms with van der Waals surface area (Å²) in [7, 11) is 2.61.